The Hall–Kier alpha value is -2.38. The molecule has 0 bridgehead atoms. The predicted octanol–water partition coefficient (Wildman–Crippen LogP) is 2.98. The van der Waals surface area contributed by atoms with E-state index in [0.717, 1.165) is 0 Å². The summed E-state index contributed by atoms with van der Waals surface area (Å²) in [6, 6.07) is 12.6. The van der Waals surface area contributed by atoms with Crippen LogP contribution in [0.5, 0.6) is 11.5 Å². The van der Waals surface area contributed by atoms with Crippen LogP contribution in [-0.4, -0.2) is 5.11 Å². The first-order valence-electron chi connectivity index (χ1n) is 5.29. The quantitative estimate of drug-likeness (QED) is 0.901. The summed E-state index contributed by atoms with van der Waals surface area (Å²) >= 11 is 0. The third-order valence-electron chi connectivity index (χ3n) is 2.31. The molecule has 0 heterocycles. The van der Waals surface area contributed by atoms with Crippen LogP contribution in [0.3, 0.4) is 0 Å². The molecular weight excluding hydrogens is 233 g/mol. The molecular formula is C14H10FNO2. The van der Waals surface area contributed by atoms with Gasteiger partial charge in [-0.15, -0.1) is 0 Å². The van der Waals surface area contributed by atoms with E-state index < -0.39 is 5.82 Å². The fourth-order valence-corrected chi connectivity index (χ4v) is 1.54. The third kappa shape index (κ3) is 2.84. The van der Waals surface area contributed by atoms with Crippen LogP contribution in [0.25, 0.3) is 0 Å². The van der Waals surface area contributed by atoms with Gasteiger partial charge in [0.1, 0.15) is 17.3 Å². The number of aliphatic hydroxyl groups is 1. The summed E-state index contributed by atoms with van der Waals surface area (Å²) in [5, 5.41) is 17.7. The molecule has 0 saturated heterocycles. The molecule has 2 aromatic rings. The summed E-state index contributed by atoms with van der Waals surface area (Å²) in [4.78, 5) is 0. The van der Waals surface area contributed by atoms with E-state index in [1.807, 2.05) is 6.07 Å². The normalized spacial score (nSPS) is 9.83. The van der Waals surface area contributed by atoms with Gasteiger partial charge in [-0.2, -0.15) is 5.26 Å². The fraction of sp³-hybridized carbons (Fsp3) is 0.0714. The molecule has 18 heavy (non-hydrogen) atoms. The van der Waals surface area contributed by atoms with Crippen molar-refractivity contribution in [2.75, 3.05) is 0 Å². The van der Waals surface area contributed by atoms with E-state index in [1.54, 1.807) is 30.3 Å². The van der Waals surface area contributed by atoms with E-state index in [-0.39, 0.29) is 12.4 Å². The number of aliphatic hydroxyl groups excluding tert-OH is 1. The van der Waals surface area contributed by atoms with E-state index in [9.17, 15) is 4.39 Å². The van der Waals surface area contributed by atoms with Crippen molar-refractivity contribution in [1.82, 2.24) is 0 Å². The Morgan fingerprint density at radius 2 is 2.00 bits per heavy atom. The van der Waals surface area contributed by atoms with Gasteiger partial charge in [0.15, 0.2) is 0 Å². The van der Waals surface area contributed by atoms with E-state index >= 15 is 0 Å². The molecule has 0 atom stereocenters. The Morgan fingerprint density at radius 3 is 2.72 bits per heavy atom. The Kier molecular flexibility index (Phi) is 3.56. The van der Waals surface area contributed by atoms with Crippen LogP contribution >= 0.6 is 0 Å². The van der Waals surface area contributed by atoms with E-state index in [2.05, 4.69) is 0 Å². The highest BCUT2D eigenvalue weighted by Crippen LogP contribution is 2.24. The summed E-state index contributed by atoms with van der Waals surface area (Å²) in [7, 11) is 0. The second-order valence-electron chi connectivity index (χ2n) is 3.69. The van der Waals surface area contributed by atoms with Crippen molar-refractivity contribution in [3.63, 3.8) is 0 Å². The molecule has 0 spiro atoms. The van der Waals surface area contributed by atoms with Crippen LogP contribution in [0, 0.1) is 17.1 Å². The topological polar surface area (TPSA) is 53.2 Å². The number of nitriles is 1. The number of rotatable bonds is 3. The predicted molar refractivity (Wildman–Crippen MR) is 63.6 cm³/mol. The number of benzene rings is 2. The summed E-state index contributed by atoms with van der Waals surface area (Å²) < 4.78 is 18.7. The zero-order valence-corrected chi connectivity index (χ0v) is 9.43. The van der Waals surface area contributed by atoms with Crippen molar-refractivity contribution >= 4 is 0 Å². The summed E-state index contributed by atoms with van der Waals surface area (Å²) in [6.45, 7) is -0.258. The highest BCUT2D eigenvalue weighted by molar-refractivity contribution is 5.39. The number of hydrogen-bond donors (Lipinski definition) is 1. The maximum absolute atomic E-state index is 13.2. The molecule has 0 saturated carbocycles. The molecule has 3 nitrogen and oxygen atoms in total. The first kappa shape index (κ1) is 12.1. The number of halogens is 1. The van der Waals surface area contributed by atoms with Gasteiger partial charge in [0.2, 0.25) is 0 Å². The summed E-state index contributed by atoms with van der Waals surface area (Å²) in [6.07, 6.45) is 0. The van der Waals surface area contributed by atoms with Crippen LogP contribution in [-0.2, 0) is 6.61 Å². The molecule has 90 valence electrons. The zero-order valence-electron chi connectivity index (χ0n) is 9.43. The average molecular weight is 243 g/mol. The van der Waals surface area contributed by atoms with Crippen LogP contribution in [0.1, 0.15) is 11.1 Å². The van der Waals surface area contributed by atoms with E-state index in [4.69, 9.17) is 15.1 Å². The van der Waals surface area contributed by atoms with Gasteiger partial charge in [-0.05, 0) is 35.9 Å². The van der Waals surface area contributed by atoms with Crippen LogP contribution < -0.4 is 4.74 Å². The van der Waals surface area contributed by atoms with Crippen LogP contribution in [0.15, 0.2) is 42.5 Å². The lowest BCUT2D eigenvalue weighted by Gasteiger charge is -2.07. The smallest absolute Gasteiger partial charge is 0.130 e. The minimum absolute atomic E-state index is 0.258. The number of hydrogen-bond acceptors (Lipinski definition) is 3. The molecule has 0 aliphatic heterocycles. The number of ether oxygens (including phenoxy) is 1. The molecule has 0 unspecified atom stereocenters. The number of nitrogens with zero attached hydrogens (tertiary/aromatic N) is 1. The van der Waals surface area contributed by atoms with Crippen molar-refractivity contribution < 1.29 is 14.2 Å². The lowest BCUT2D eigenvalue weighted by Crippen LogP contribution is -1.90. The Balaban J connectivity index is 2.28. The van der Waals surface area contributed by atoms with Gasteiger partial charge >= 0.3 is 0 Å². The van der Waals surface area contributed by atoms with Gasteiger partial charge in [0.05, 0.1) is 18.2 Å². The minimum Gasteiger partial charge on any atom is -0.457 e. The van der Waals surface area contributed by atoms with Gasteiger partial charge < -0.3 is 9.84 Å². The van der Waals surface area contributed by atoms with Crippen molar-refractivity contribution in [3.05, 3.63) is 59.4 Å². The van der Waals surface area contributed by atoms with Crippen molar-refractivity contribution in [2.24, 2.45) is 0 Å². The Morgan fingerprint density at radius 1 is 1.17 bits per heavy atom. The summed E-state index contributed by atoms with van der Waals surface area (Å²) in [5.74, 6) is 0.255. The van der Waals surface area contributed by atoms with Crippen LogP contribution in [0.4, 0.5) is 4.39 Å². The van der Waals surface area contributed by atoms with Crippen molar-refractivity contribution in [3.8, 4) is 17.6 Å². The molecule has 4 heteroatoms. The van der Waals surface area contributed by atoms with Gasteiger partial charge in [0, 0.05) is 6.07 Å². The molecule has 1 N–H and O–H groups in total. The van der Waals surface area contributed by atoms with Crippen molar-refractivity contribution in [2.45, 2.75) is 6.61 Å². The van der Waals surface area contributed by atoms with Crippen molar-refractivity contribution in [1.29, 1.82) is 5.26 Å². The lowest BCUT2D eigenvalue weighted by molar-refractivity contribution is 0.280. The first-order valence-corrected chi connectivity index (χ1v) is 5.29. The van der Waals surface area contributed by atoms with E-state index in [1.165, 1.54) is 12.1 Å². The Labute approximate surface area is 104 Å². The fourth-order valence-electron chi connectivity index (χ4n) is 1.54. The molecule has 0 amide bonds. The Bertz CT molecular complexity index is 605. The molecule has 0 aliphatic rings. The van der Waals surface area contributed by atoms with Gasteiger partial charge in [-0.25, -0.2) is 4.39 Å². The standard InChI is InChI=1S/C14H10FNO2/c15-12-4-11(9-17)6-14(7-12)18-13-3-1-2-10(5-13)8-16/h1-7,17H,9H2. The molecule has 2 aromatic carbocycles. The van der Waals surface area contributed by atoms with Gasteiger partial charge in [-0.3, -0.25) is 0 Å². The minimum atomic E-state index is -0.479. The monoisotopic (exact) mass is 243 g/mol. The molecule has 0 fully saturated rings. The van der Waals surface area contributed by atoms with Gasteiger partial charge in [0.25, 0.3) is 0 Å². The third-order valence-corrected chi connectivity index (χ3v) is 2.31. The average Bonchev–Trinajstić information content (AvgIpc) is 2.38. The van der Waals surface area contributed by atoms with Gasteiger partial charge in [-0.1, -0.05) is 6.07 Å². The SMILES string of the molecule is N#Cc1cccc(Oc2cc(F)cc(CO)c2)c1. The second kappa shape index (κ2) is 5.30. The summed E-state index contributed by atoms with van der Waals surface area (Å²) in [5.41, 5.74) is 0.896. The highest BCUT2D eigenvalue weighted by atomic mass is 19.1. The zero-order chi connectivity index (χ0) is 13.0. The van der Waals surface area contributed by atoms with E-state index in [0.29, 0.717) is 16.9 Å². The molecule has 0 aliphatic carbocycles. The maximum atomic E-state index is 13.2. The second-order valence-corrected chi connectivity index (χ2v) is 3.69. The highest BCUT2D eigenvalue weighted by Gasteiger charge is 2.03. The van der Waals surface area contributed by atoms with Crippen LogP contribution in [0.2, 0.25) is 0 Å². The first-order chi connectivity index (χ1) is 8.71. The molecule has 0 aromatic heterocycles. The molecule has 0 radical (unpaired) electrons. The maximum Gasteiger partial charge on any atom is 0.130 e. The molecule has 2 rings (SSSR count). The lowest BCUT2D eigenvalue weighted by atomic mass is 10.2. The largest absolute Gasteiger partial charge is 0.457 e.